The molecule has 2 aromatic rings. The number of pyridine rings is 1. The zero-order chi connectivity index (χ0) is 15.6. The fourth-order valence-corrected chi connectivity index (χ4v) is 3.30. The molecule has 0 atom stereocenters. The molecule has 0 saturated heterocycles. The molecule has 1 fully saturated rings. The minimum atomic E-state index is -0.172. The molecule has 1 aliphatic heterocycles. The van der Waals surface area contributed by atoms with Crippen molar-refractivity contribution in [3.05, 3.63) is 59.5 Å². The van der Waals surface area contributed by atoms with Gasteiger partial charge in [0, 0.05) is 44.5 Å². The molecule has 0 N–H and O–H groups in total. The maximum Gasteiger partial charge on any atom is 0.133 e. The number of hydrogen-bond donors (Lipinski definition) is 0. The molecule has 2 aliphatic rings. The first-order valence-electron chi connectivity index (χ1n) is 8.43. The third-order valence-electron chi connectivity index (χ3n) is 4.74. The largest absolute Gasteiger partial charge is 0.355 e. The van der Waals surface area contributed by atoms with Gasteiger partial charge in [-0.2, -0.15) is 0 Å². The summed E-state index contributed by atoms with van der Waals surface area (Å²) in [6.07, 6.45) is 4.62. The molecule has 2 heterocycles. The van der Waals surface area contributed by atoms with Gasteiger partial charge in [0.05, 0.1) is 0 Å². The van der Waals surface area contributed by atoms with Gasteiger partial charge in [0.1, 0.15) is 11.6 Å². The molecule has 0 bridgehead atoms. The van der Waals surface area contributed by atoms with Gasteiger partial charge in [-0.1, -0.05) is 18.2 Å². The quantitative estimate of drug-likeness (QED) is 0.862. The summed E-state index contributed by atoms with van der Waals surface area (Å²) >= 11 is 0. The second-order valence-electron chi connectivity index (χ2n) is 6.71. The van der Waals surface area contributed by atoms with Crippen molar-refractivity contribution in [1.82, 2.24) is 9.88 Å². The molecule has 3 nitrogen and oxygen atoms in total. The normalized spacial score (nSPS) is 18.6. The van der Waals surface area contributed by atoms with E-state index in [1.54, 1.807) is 12.1 Å². The molecule has 120 valence electrons. The lowest BCUT2D eigenvalue weighted by atomic mass is 10.2. The highest BCUT2D eigenvalue weighted by molar-refractivity contribution is 5.48. The Kier molecular flexibility index (Phi) is 4.00. The van der Waals surface area contributed by atoms with Crippen molar-refractivity contribution in [3.8, 4) is 0 Å². The zero-order valence-electron chi connectivity index (χ0n) is 13.3. The lowest BCUT2D eigenvalue weighted by molar-refractivity contribution is 0.268. The van der Waals surface area contributed by atoms with Gasteiger partial charge in [-0.25, -0.2) is 9.37 Å². The fraction of sp³-hybridized carbons (Fsp3) is 0.421. The SMILES string of the molecule is Fc1ccc(CN2CCN(CC3CC3)c3ncccc3C2)cc1. The number of hydrogen-bond acceptors (Lipinski definition) is 3. The summed E-state index contributed by atoms with van der Waals surface area (Å²) < 4.78 is 13.1. The van der Waals surface area contributed by atoms with Crippen LogP contribution in [0.1, 0.15) is 24.0 Å². The predicted molar refractivity (Wildman–Crippen MR) is 89.7 cm³/mol. The molecular weight excluding hydrogens is 289 g/mol. The van der Waals surface area contributed by atoms with Crippen molar-refractivity contribution in [1.29, 1.82) is 0 Å². The standard InChI is InChI=1S/C19H22FN3/c20-18-7-5-15(6-8-18)12-22-10-11-23(13-16-3-4-16)19-17(14-22)2-1-9-21-19/h1-2,5-9,16H,3-4,10-14H2. The summed E-state index contributed by atoms with van der Waals surface area (Å²) in [4.78, 5) is 9.53. The number of rotatable bonds is 4. The summed E-state index contributed by atoms with van der Waals surface area (Å²) in [6.45, 7) is 4.92. The van der Waals surface area contributed by atoms with E-state index in [0.29, 0.717) is 0 Å². The zero-order valence-corrected chi connectivity index (χ0v) is 13.3. The van der Waals surface area contributed by atoms with Crippen LogP contribution in [0.15, 0.2) is 42.6 Å². The van der Waals surface area contributed by atoms with Gasteiger partial charge in [0.25, 0.3) is 0 Å². The van der Waals surface area contributed by atoms with Crippen LogP contribution in [0.2, 0.25) is 0 Å². The molecule has 1 aromatic heterocycles. The number of nitrogens with zero attached hydrogens (tertiary/aromatic N) is 3. The van der Waals surface area contributed by atoms with Crippen molar-refractivity contribution in [2.24, 2.45) is 5.92 Å². The summed E-state index contributed by atoms with van der Waals surface area (Å²) in [6, 6.07) is 11.1. The van der Waals surface area contributed by atoms with Crippen LogP contribution in [0.5, 0.6) is 0 Å². The molecule has 0 spiro atoms. The second kappa shape index (κ2) is 6.28. The average molecular weight is 311 g/mol. The second-order valence-corrected chi connectivity index (χ2v) is 6.71. The molecular formula is C19H22FN3. The van der Waals surface area contributed by atoms with Crippen molar-refractivity contribution in [2.45, 2.75) is 25.9 Å². The van der Waals surface area contributed by atoms with Crippen LogP contribution in [0, 0.1) is 11.7 Å². The van der Waals surface area contributed by atoms with E-state index < -0.39 is 0 Å². The summed E-state index contributed by atoms with van der Waals surface area (Å²) in [5, 5.41) is 0. The third-order valence-corrected chi connectivity index (χ3v) is 4.74. The molecule has 23 heavy (non-hydrogen) atoms. The van der Waals surface area contributed by atoms with Gasteiger partial charge in [0.15, 0.2) is 0 Å². The maximum absolute atomic E-state index is 13.1. The summed E-state index contributed by atoms with van der Waals surface area (Å²) in [7, 11) is 0. The van der Waals surface area contributed by atoms with Crippen LogP contribution in [0.4, 0.5) is 10.2 Å². The topological polar surface area (TPSA) is 19.4 Å². The fourth-order valence-electron chi connectivity index (χ4n) is 3.30. The number of benzene rings is 1. The van der Waals surface area contributed by atoms with E-state index in [1.807, 2.05) is 24.4 Å². The number of anilines is 1. The van der Waals surface area contributed by atoms with E-state index in [0.717, 1.165) is 50.0 Å². The highest BCUT2D eigenvalue weighted by Crippen LogP contribution is 2.32. The van der Waals surface area contributed by atoms with Gasteiger partial charge >= 0.3 is 0 Å². The number of fused-ring (bicyclic) bond motifs is 1. The number of halogens is 1. The van der Waals surface area contributed by atoms with E-state index in [4.69, 9.17) is 0 Å². The van der Waals surface area contributed by atoms with Crippen molar-refractivity contribution in [2.75, 3.05) is 24.5 Å². The van der Waals surface area contributed by atoms with Crippen LogP contribution >= 0.6 is 0 Å². The highest BCUT2D eigenvalue weighted by atomic mass is 19.1. The molecule has 1 aliphatic carbocycles. The monoisotopic (exact) mass is 311 g/mol. The lowest BCUT2D eigenvalue weighted by Gasteiger charge is -2.23. The molecule has 1 saturated carbocycles. The highest BCUT2D eigenvalue weighted by Gasteiger charge is 2.28. The van der Waals surface area contributed by atoms with Crippen LogP contribution in [-0.2, 0) is 13.1 Å². The van der Waals surface area contributed by atoms with E-state index in [9.17, 15) is 4.39 Å². The molecule has 0 radical (unpaired) electrons. The maximum atomic E-state index is 13.1. The first-order valence-corrected chi connectivity index (χ1v) is 8.43. The Balaban J connectivity index is 1.52. The molecule has 0 amide bonds. The Bertz CT molecular complexity index is 667. The van der Waals surface area contributed by atoms with E-state index in [-0.39, 0.29) is 5.82 Å². The van der Waals surface area contributed by atoms with Crippen molar-refractivity contribution >= 4 is 5.82 Å². The van der Waals surface area contributed by atoms with Crippen LogP contribution in [-0.4, -0.2) is 29.5 Å². The smallest absolute Gasteiger partial charge is 0.133 e. The van der Waals surface area contributed by atoms with Crippen LogP contribution < -0.4 is 4.90 Å². The van der Waals surface area contributed by atoms with Gasteiger partial charge in [-0.3, -0.25) is 4.90 Å². The Hall–Kier alpha value is -1.94. The first-order chi connectivity index (χ1) is 11.3. The third kappa shape index (κ3) is 3.53. The minimum absolute atomic E-state index is 0.172. The number of aromatic nitrogens is 1. The van der Waals surface area contributed by atoms with Crippen molar-refractivity contribution in [3.63, 3.8) is 0 Å². The van der Waals surface area contributed by atoms with Gasteiger partial charge in [0.2, 0.25) is 0 Å². The first kappa shape index (κ1) is 14.6. The summed E-state index contributed by atoms with van der Waals surface area (Å²) in [5.41, 5.74) is 2.46. The van der Waals surface area contributed by atoms with Gasteiger partial charge in [-0.05, 0) is 42.5 Å². The lowest BCUT2D eigenvalue weighted by Crippen LogP contribution is -2.32. The molecule has 4 rings (SSSR count). The van der Waals surface area contributed by atoms with Gasteiger partial charge in [-0.15, -0.1) is 0 Å². The Morgan fingerprint density at radius 2 is 1.91 bits per heavy atom. The van der Waals surface area contributed by atoms with E-state index in [2.05, 4.69) is 20.9 Å². The summed E-state index contributed by atoms with van der Waals surface area (Å²) in [5.74, 6) is 1.84. The molecule has 1 aromatic carbocycles. The molecule has 4 heteroatoms. The minimum Gasteiger partial charge on any atom is -0.355 e. The van der Waals surface area contributed by atoms with Crippen LogP contribution in [0.25, 0.3) is 0 Å². The Morgan fingerprint density at radius 1 is 1.09 bits per heavy atom. The predicted octanol–water partition coefficient (Wildman–Crippen LogP) is 3.45. The Morgan fingerprint density at radius 3 is 2.70 bits per heavy atom. The van der Waals surface area contributed by atoms with E-state index in [1.165, 1.54) is 18.4 Å². The van der Waals surface area contributed by atoms with Crippen molar-refractivity contribution < 1.29 is 4.39 Å². The van der Waals surface area contributed by atoms with Gasteiger partial charge < -0.3 is 4.90 Å². The Labute approximate surface area is 136 Å². The van der Waals surface area contributed by atoms with E-state index >= 15 is 0 Å². The average Bonchev–Trinajstić information content (AvgIpc) is 3.39. The molecule has 0 unspecified atom stereocenters. The van der Waals surface area contributed by atoms with Crippen LogP contribution in [0.3, 0.4) is 0 Å².